The van der Waals surface area contributed by atoms with Crippen molar-refractivity contribution in [2.24, 2.45) is 0 Å². The number of benzene rings is 2. The Hall–Kier alpha value is -2.40. The first-order valence-electron chi connectivity index (χ1n) is 8.00. The molecule has 4 aromatic rings. The van der Waals surface area contributed by atoms with E-state index in [-0.39, 0.29) is 0 Å². The third-order valence-electron chi connectivity index (χ3n) is 4.55. The summed E-state index contributed by atoms with van der Waals surface area (Å²) < 4.78 is 9.29. The van der Waals surface area contributed by atoms with Gasteiger partial charge in [-0.2, -0.15) is 0 Å². The molecule has 118 valence electrons. The maximum atomic E-state index is 5.98. The molecule has 1 aliphatic heterocycles. The van der Waals surface area contributed by atoms with Gasteiger partial charge in [0, 0.05) is 28.2 Å². The van der Waals surface area contributed by atoms with Crippen LogP contribution in [0.4, 0.5) is 0 Å². The fraction of sp³-hybridized carbons (Fsp3) is 0.158. The van der Waals surface area contributed by atoms with Crippen molar-refractivity contribution in [1.29, 1.82) is 0 Å². The first-order valence-corrected chi connectivity index (χ1v) is 8.79. The second kappa shape index (κ2) is 5.31. The zero-order chi connectivity index (χ0) is 16.1. The van der Waals surface area contributed by atoms with Crippen molar-refractivity contribution in [2.45, 2.75) is 19.4 Å². The van der Waals surface area contributed by atoms with Gasteiger partial charge in [-0.15, -0.1) is 10.2 Å². The van der Waals surface area contributed by atoms with E-state index in [1.54, 1.807) is 0 Å². The van der Waals surface area contributed by atoms with Crippen LogP contribution in [-0.4, -0.2) is 14.8 Å². The average Bonchev–Trinajstić information content (AvgIpc) is 3.22. The molecule has 3 heterocycles. The Morgan fingerprint density at radius 2 is 1.92 bits per heavy atom. The minimum absolute atomic E-state index is 0.540. The van der Waals surface area contributed by atoms with E-state index in [0.29, 0.717) is 11.8 Å². The standard InChI is InChI=1S/C19H14BrN3O/c20-14-7-1-5-13(10-14)18-21-22-19(24-18)16-11-23-9-3-6-12-4-2-8-15(16)17(12)23/h1-2,4-5,7-8,10-11H,3,6,9H2. The quantitative estimate of drug-likeness (QED) is 0.488. The molecule has 0 spiro atoms. The molecule has 0 amide bonds. The fourth-order valence-electron chi connectivity index (χ4n) is 3.50. The summed E-state index contributed by atoms with van der Waals surface area (Å²) >= 11 is 3.48. The molecule has 2 aromatic carbocycles. The minimum Gasteiger partial charge on any atom is -0.416 e. The van der Waals surface area contributed by atoms with Gasteiger partial charge in [-0.25, -0.2) is 0 Å². The number of halogens is 1. The van der Waals surface area contributed by atoms with E-state index < -0.39 is 0 Å². The Morgan fingerprint density at radius 1 is 1.04 bits per heavy atom. The van der Waals surface area contributed by atoms with Crippen LogP contribution in [-0.2, 0) is 13.0 Å². The summed E-state index contributed by atoms with van der Waals surface area (Å²) in [7, 11) is 0. The Balaban J connectivity index is 1.66. The molecule has 0 saturated heterocycles. The van der Waals surface area contributed by atoms with Crippen LogP contribution in [0, 0.1) is 0 Å². The van der Waals surface area contributed by atoms with Gasteiger partial charge in [-0.1, -0.05) is 40.2 Å². The van der Waals surface area contributed by atoms with Crippen molar-refractivity contribution in [3.63, 3.8) is 0 Å². The van der Waals surface area contributed by atoms with Crippen LogP contribution >= 0.6 is 15.9 Å². The summed E-state index contributed by atoms with van der Waals surface area (Å²) in [5.41, 5.74) is 4.64. The highest BCUT2D eigenvalue weighted by molar-refractivity contribution is 9.10. The zero-order valence-corrected chi connectivity index (χ0v) is 14.5. The summed E-state index contributed by atoms with van der Waals surface area (Å²) in [4.78, 5) is 0. The third kappa shape index (κ3) is 2.12. The number of hydrogen-bond acceptors (Lipinski definition) is 3. The van der Waals surface area contributed by atoms with Crippen molar-refractivity contribution < 1.29 is 4.42 Å². The smallest absolute Gasteiger partial charge is 0.250 e. The summed E-state index contributed by atoms with van der Waals surface area (Å²) in [6.07, 6.45) is 4.45. The second-order valence-corrected chi connectivity index (χ2v) is 6.99. The largest absolute Gasteiger partial charge is 0.416 e. The second-order valence-electron chi connectivity index (χ2n) is 6.08. The first-order chi connectivity index (χ1) is 11.8. The van der Waals surface area contributed by atoms with Gasteiger partial charge in [0.15, 0.2) is 0 Å². The van der Waals surface area contributed by atoms with E-state index >= 15 is 0 Å². The SMILES string of the molecule is Brc1cccc(-c2nnc(-c3cn4c5c(cccc35)CCC4)o2)c1. The van der Waals surface area contributed by atoms with E-state index in [2.05, 4.69) is 55.1 Å². The zero-order valence-electron chi connectivity index (χ0n) is 12.9. The van der Waals surface area contributed by atoms with Crippen molar-refractivity contribution in [2.75, 3.05) is 0 Å². The van der Waals surface area contributed by atoms with Gasteiger partial charge < -0.3 is 8.98 Å². The summed E-state index contributed by atoms with van der Waals surface area (Å²) in [6.45, 7) is 1.04. The first kappa shape index (κ1) is 14.0. The molecular weight excluding hydrogens is 366 g/mol. The molecule has 0 N–H and O–H groups in total. The topological polar surface area (TPSA) is 43.9 Å². The average molecular weight is 380 g/mol. The van der Waals surface area contributed by atoms with Crippen LogP contribution in [0.1, 0.15) is 12.0 Å². The lowest BCUT2D eigenvalue weighted by molar-refractivity contribution is 0.584. The normalized spacial score (nSPS) is 13.5. The van der Waals surface area contributed by atoms with Crippen LogP contribution < -0.4 is 0 Å². The van der Waals surface area contributed by atoms with E-state index in [9.17, 15) is 0 Å². The summed E-state index contributed by atoms with van der Waals surface area (Å²) in [5, 5.41) is 9.72. The lowest BCUT2D eigenvalue weighted by Gasteiger charge is -2.14. The van der Waals surface area contributed by atoms with Crippen LogP contribution in [0.15, 0.2) is 57.6 Å². The van der Waals surface area contributed by atoms with Crippen LogP contribution in [0.5, 0.6) is 0 Å². The molecule has 0 bridgehead atoms. The van der Waals surface area contributed by atoms with Gasteiger partial charge in [0.25, 0.3) is 0 Å². The molecule has 0 aliphatic carbocycles. The minimum atomic E-state index is 0.540. The highest BCUT2D eigenvalue weighted by Gasteiger charge is 2.20. The van der Waals surface area contributed by atoms with Crippen LogP contribution in [0.3, 0.4) is 0 Å². The predicted molar refractivity (Wildman–Crippen MR) is 96.7 cm³/mol. The van der Waals surface area contributed by atoms with Gasteiger partial charge in [-0.3, -0.25) is 0 Å². The van der Waals surface area contributed by atoms with Gasteiger partial charge in [0.1, 0.15) is 0 Å². The van der Waals surface area contributed by atoms with E-state index in [1.165, 1.54) is 22.9 Å². The molecular formula is C19H14BrN3O. The fourth-order valence-corrected chi connectivity index (χ4v) is 3.90. The Bertz CT molecular complexity index is 1060. The number of aryl methyl sites for hydroxylation is 2. The highest BCUT2D eigenvalue weighted by atomic mass is 79.9. The van der Waals surface area contributed by atoms with E-state index in [0.717, 1.165) is 28.6 Å². The van der Waals surface area contributed by atoms with Gasteiger partial charge >= 0.3 is 0 Å². The van der Waals surface area contributed by atoms with Gasteiger partial charge in [-0.05, 0) is 36.6 Å². The van der Waals surface area contributed by atoms with Crippen molar-refractivity contribution >= 4 is 26.8 Å². The number of aromatic nitrogens is 3. The Kier molecular flexibility index (Phi) is 3.10. The number of para-hydroxylation sites is 1. The molecule has 5 heteroatoms. The number of rotatable bonds is 2. The van der Waals surface area contributed by atoms with Crippen molar-refractivity contribution in [1.82, 2.24) is 14.8 Å². The van der Waals surface area contributed by atoms with Crippen molar-refractivity contribution in [3.8, 4) is 22.9 Å². The predicted octanol–water partition coefficient (Wildman–Crippen LogP) is 5.07. The third-order valence-corrected chi connectivity index (χ3v) is 5.05. The Labute approximate surface area is 147 Å². The lowest BCUT2D eigenvalue weighted by atomic mass is 10.0. The highest BCUT2D eigenvalue weighted by Crippen LogP contribution is 2.35. The molecule has 0 atom stereocenters. The Morgan fingerprint density at radius 3 is 2.83 bits per heavy atom. The van der Waals surface area contributed by atoms with E-state index in [1.807, 2.05) is 24.3 Å². The maximum absolute atomic E-state index is 5.98. The summed E-state index contributed by atoms with van der Waals surface area (Å²) in [5.74, 6) is 1.12. The molecule has 0 fully saturated rings. The van der Waals surface area contributed by atoms with Gasteiger partial charge in [0.2, 0.25) is 11.8 Å². The molecule has 1 aliphatic rings. The molecule has 5 rings (SSSR count). The number of hydrogen-bond donors (Lipinski definition) is 0. The van der Waals surface area contributed by atoms with Crippen LogP contribution in [0.25, 0.3) is 33.8 Å². The molecule has 2 aromatic heterocycles. The van der Waals surface area contributed by atoms with E-state index in [4.69, 9.17) is 4.42 Å². The van der Waals surface area contributed by atoms with Crippen LogP contribution in [0.2, 0.25) is 0 Å². The van der Waals surface area contributed by atoms with Gasteiger partial charge in [0.05, 0.1) is 11.1 Å². The molecule has 0 radical (unpaired) electrons. The summed E-state index contributed by atoms with van der Waals surface area (Å²) in [6, 6.07) is 14.4. The maximum Gasteiger partial charge on any atom is 0.250 e. The molecule has 0 unspecified atom stereocenters. The molecule has 4 nitrogen and oxygen atoms in total. The number of nitrogens with zero attached hydrogens (tertiary/aromatic N) is 3. The monoisotopic (exact) mass is 379 g/mol. The lowest BCUT2D eigenvalue weighted by Crippen LogP contribution is -2.05. The molecule has 24 heavy (non-hydrogen) atoms. The van der Waals surface area contributed by atoms with Crippen molar-refractivity contribution in [3.05, 3.63) is 58.7 Å². The molecule has 0 saturated carbocycles.